The van der Waals surface area contributed by atoms with E-state index in [1.165, 1.54) is 19.1 Å². The van der Waals surface area contributed by atoms with Crippen molar-refractivity contribution in [3.05, 3.63) is 83.1 Å². The summed E-state index contributed by atoms with van der Waals surface area (Å²) in [6.45, 7) is 3.89. The molecular formula is C27H26N2O5. The molecule has 0 atom stereocenters. The van der Waals surface area contributed by atoms with Crippen molar-refractivity contribution in [2.45, 2.75) is 13.8 Å². The molecule has 0 aromatic heterocycles. The monoisotopic (exact) mass is 458 g/mol. The van der Waals surface area contributed by atoms with Crippen molar-refractivity contribution < 1.29 is 23.8 Å². The molecule has 0 spiro atoms. The minimum atomic E-state index is -0.456. The lowest BCUT2D eigenvalue weighted by atomic mass is 10.0. The first-order valence-electron chi connectivity index (χ1n) is 10.7. The maximum atomic E-state index is 13.7. The molecule has 3 aromatic rings. The highest BCUT2D eigenvalue weighted by Gasteiger charge is 2.40. The van der Waals surface area contributed by atoms with Crippen molar-refractivity contribution in [1.82, 2.24) is 0 Å². The van der Waals surface area contributed by atoms with Gasteiger partial charge in [-0.15, -0.1) is 0 Å². The second-order valence-corrected chi connectivity index (χ2v) is 7.93. The topological polar surface area (TPSA) is 77.1 Å². The van der Waals surface area contributed by atoms with E-state index >= 15 is 0 Å². The van der Waals surface area contributed by atoms with Gasteiger partial charge in [0, 0.05) is 0 Å². The van der Waals surface area contributed by atoms with Crippen molar-refractivity contribution in [2.75, 3.05) is 31.5 Å². The summed E-state index contributed by atoms with van der Waals surface area (Å²) < 4.78 is 16.2. The molecule has 0 unspecified atom stereocenters. The predicted molar refractivity (Wildman–Crippen MR) is 131 cm³/mol. The minimum Gasteiger partial charge on any atom is -0.495 e. The highest BCUT2D eigenvalue weighted by atomic mass is 16.5. The number of imide groups is 1. The summed E-state index contributed by atoms with van der Waals surface area (Å²) >= 11 is 0. The molecule has 174 valence electrons. The van der Waals surface area contributed by atoms with Gasteiger partial charge in [-0.05, 0) is 61.4 Å². The Hall–Kier alpha value is -4.26. The van der Waals surface area contributed by atoms with E-state index < -0.39 is 11.8 Å². The number of carbonyl (C=O) groups is 2. The molecule has 1 aliphatic heterocycles. The molecule has 0 bridgehead atoms. The number of carbonyl (C=O) groups excluding carboxylic acids is 2. The van der Waals surface area contributed by atoms with Crippen LogP contribution >= 0.6 is 0 Å². The second-order valence-electron chi connectivity index (χ2n) is 7.93. The van der Waals surface area contributed by atoms with E-state index in [0.717, 1.165) is 11.1 Å². The zero-order valence-corrected chi connectivity index (χ0v) is 19.8. The van der Waals surface area contributed by atoms with Gasteiger partial charge in [0.15, 0.2) is 11.5 Å². The van der Waals surface area contributed by atoms with E-state index in [1.54, 1.807) is 37.4 Å². The summed E-state index contributed by atoms with van der Waals surface area (Å²) in [5.74, 6) is 0.638. The first-order chi connectivity index (χ1) is 16.4. The van der Waals surface area contributed by atoms with Crippen molar-refractivity contribution in [3.8, 4) is 17.2 Å². The average molecular weight is 459 g/mol. The van der Waals surface area contributed by atoms with Crippen LogP contribution < -0.4 is 24.4 Å². The van der Waals surface area contributed by atoms with E-state index in [9.17, 15) is 9.59 Å². The fraction of sp³-hybridized carbons (Fsp3) is 0.185. The van der Waals surface area contributed by atoms with Gasteiger partial charge in [-0.3, -0.25) is 9.59 Å². The zero-order chi connectivity index (χ0) is 24.4. The van der Waals surface area contributed by atoms with Crippen LogP contribution in [0.3, 0.4) is 0 Å². The van der Waals surface area contributed by atoms with Crippen molar-refractivity contribution in [1.29, 1.82) is 0 Å². The SMILES string of the molecule is COc1ccc(C)cc1NC1=C(c2ccc(OC)c(OC)c2)C(=O)N(c2ccc(C)cc2)C1=O. The Kier molecular flexibility index (Phi) is 6.27. The van der Waals surface area contributed by atoms with Gasteiger partial charge in [0.2, 0.25) is 0 Å². The first-order valence-corrected chi connectivity index (χ1v) is 10.7. The molecule has 0 aliphatic carbocycles. The smallest absolute Gasteiger partial charge is 0.282 e. The van der Waals surface area contributed by atoms with Gasteiger partial charge in [-0.2, -0.15) is 0 Å². The molecule has 34 heavy (non-hydrogen) atoms. The van der Waals surface area contributed by atoms with E-state index in [-0.39, 0.29) is 11.3 Å². The van der Waals surface area contributed by atoms with Gasteiger partial charge >= 0.3 is 0 Å². The largest absolute Gasteiger partial charge is 0.495 e. The summed E-state index contributed by atoms with van der Waals surface area (Å²) in [5.41, 5.74) is 3.99. The molecule has 7 heteroatoms. The third kappa shape index (κ3) is 4.08. The fourth-order valence-electron chi connectivity index (χ4n) is 3.89. The molecule has 2 amide bonds. The number of benzene rings is 3. The van der Waals surface area contributed by atoms with Gasteiger partial charge in [-0.1, -0.05) is 29.8 Å². The Morgan fingerprint density at radius 1 is 0.676 bits per heavy atom. The molecule has 4 rings (SSSR count). The van der Waals surface area contributed by atoms with E-state index in [0.29, 0.717) is 34.2 Å². The van der Waals surface area contributed by atoms with Gasteiger partial charge < -0.3 is 19.5 Å². The van der Waals surface area contributed by atoms with Gasteiger partial charge in [0.1, 0.15) is 11.4 Å². The number of anilines is 2. The zero-order valence-electron chi connectivity index (χ0n) is 19.8. The molecule has 0 saturated carbocycles. The maximum Gasteiger partial charge on any atom is 0.282 e. The number of methoxy groups -OCH3 is 3. The van der Waals surface area contributed by atoms with Crippen LogP contribution in [0.5, 0.6) is 17.2 Å². The number of ether oxygens (including phenoxy) is 3. The van der Waals surface area contributed by atoms with Crippen LogP contribution in [0, 0.1) is 13.8 Å². The minimum absolute atomic E-state index is 0.154. The van der Waals surface area contributed by atoms with Crippen LogP contribution in [0.25, 0.3) is 5.57 Å². The van der Waals surface area contributed by atoms with Crippen LogP contribution in [0.4, 0.5) is 11.4 Å². The highest BCUT2D eigenvalue weighted by Crippen LogP contribution is 2.38. The third-order valence-electron chi connectivity index (χ3n) is 5.66. The van der Waals surface area contributed by atoms with E-state index in [1.807, 2.05) is 44.2 Å². The number of hydrogen-bond donors (Lipinski definition) is 1. The maximum absolute atomic E-state index is 13.7. The molecule has 0 saturated heterocycles. The number of nitrogens with zero attached hydrogens (tertiary/aromatic N) is 1. The fourth-order valence-corrected chi connectivity index (χ4v) is 3.89. The summed E-state index contributed by atoms with van der Waals surface area (Å²) in [7, 11) is 4.61. The second kappa shape index (κ2) is 9.31. The Bertz CT molecular complexity index is 1290. The number of aryl methyl sites for hydroxylation is 2. The molecule has 3 aromatic carbocycles. The van der Waals surface area contributed by atoms with Gasteiger partial charge in [-0.25, -0.2) is 4.90 Å². The molecule has 1 aliphatic rings. The summed E-state index contributed by atoms with van der Waals surface area (Å²) in [5, 5.41) is 3.18. The normalized spacial score (nSPS) is 13.4. The van der Waals surface area contributed by atoms with Crippen molar-refractivity contribution in [3.63, 3.8) is 0 Å². The van der Waals surface area contributed by atoms with Crippen LogP contribution in [0.15, 0.2) is 66.4 Å². The molecular weight excluding hydrogens is 432 g/mol. The van der Waals surface area contributed by atoms with Gasteiger partial charge in [0.25, 0.3) is 11.8 Å². The molecule has 0 radical (unpaired) electrons. The predicted octanol–water partition coefficient (Wildman–Crippen LogP) is 4.73. The average Bonchev–Trinajstić information content (AvgIpc) is 3.08. The van der Waals surface area contributed by atoms with Crippen molar-refractivity contribution in [2.24, 2.45) is 0 Å². The molecule has 0 fully saturated rings. The highest BCUT2D eigenvalue weighted by molar-refractivity contribution is 6.46. The van der Waals surface area contributed by atoms with E-state index in [4.69, 9.17) is 14.2 Å². The first kappa shape index (κ1) is 22.9. The van der Waals surface area contributed by atoms with E-state index in [2.05, 4.69) is 5.32 Å². The Morgan fingerprint density at radius 3 is 1.94 bits per heavy atom. The summed E-state index contributed by atoms with van der Waals surface area (Å²) in [4.78, 5) is 28.5. The number of hydrogen-bond acceptors (Lipinski definition) is 6. The van der Waals surface area contributed by atoms with Crippen LogP contribution in [-0.2, 0) is 9.59 Å². The van der Waals surface area contributed by atoms with Crippen LogP contribution in [0.2, 0.25) is 0 Å². The van der Waals surface area contributed by atoms with Crippen LogP contribution in [-0.4, -0.2) is 33.1 Å². The number of amides is 2. The molecule has 7 nitrogen and oxygen atoms in total. The third-order valence-corrected chi connectivity index (χ3v) is 5.66. The quantitative estimate of drug-likeness (QED) is 0.516. The Balaban J connectivity index is 1.88. The van der Waals surface area contributed by atoms with Crippen LogP contribution in [0.1, 0.15) is 16.7 Å². The number of rotatable bonds is 7. The number of nitrogens with one attached hydrogen (secondary N) is 1. The standard InChI is InChI=1S/C27H26N2O5/c1-16-6-10-19(11-7-16)29-26(30)24(18-9-13-22(33-4)23(15-18)34-5)25(27(29)31)28-20-14-17(2)8-12-21(20)32-3/h6-15,28H,1-5H3. The van der Waals surface area contributed by atoms with Gasteiger partial charge in [0.05, 0.1) is 38.3 Å². The lowest BCUT2D eigenvalue weighted by Gasteiger charge is -2.16. The van der Waals surface area contributed by atoms with Crippen molar-refractivity contribution >= 4 is 28.8 Å². The summed E-state index contributed by atoms with van der Waals surface area (Å²) in [6.07, 6.45) is 0. The molecule has 1 N–H and O–H groups in total. The summed E-state index contributed by atoms with van der Waals surface area (Å²) in [6, 6.07) is 18.0. The lowest BCUT2D eigenvalue weighted by Crippen LogP contribution is -2.32. The molecule has 1 heterocycles. The lowest BCUT2D eigenvalue weighted by molar-refractivity contribution is -0.120. The Morgan fingerprint density at radius 2 is 1.29 bits per heavy atom. The Labute approximate surface area is 198 Å².